The maximum Gasteiger partial charge on any atom is 0.501 e. The molecule has 0 saturated carbocycles. The Labute approximate surface area is 627 Å². The molecule has 1 aliphatic carbocycles. The van der Waals surface area contributed by atoms with Crippen molar-refractivity contribution in [3.05, 3.63) is 160 Å². The summed E-state index contributed by atoms with van der Waals surface area (Å²) in [7, 11) is -11.1. The minimum Gasteiger partial charge on any atom is -0.391 e. The number of sulfonamides is 1. The fraction of sp³-hybridized carbons (Fsp3) is 0.481. The molecule has 5 amide bonds. The number of halogens is 4. The molecule has 0 spiro atoms. The first-order valence-electron chi connectivity index (χ1n) is 36.1. The van der Waals surface area contributed by atoms with Crippen LogP contribution >= 0.6 is 34.7 Å². The molecular formula is C77H94ClF3N10O10S4. The van der Waals surface area contributed by atoms with E-state index in [2.05, 4.69) is 47.8 Å². The lowest BCUT2D eigenvalue weighted by Gasteiger charge is -2.37. The second-order valence-electron chi connectivity index (χ2n) is 29.3. The first kappa shape index (κ1) is 78.7. The number of β-amino-alcohol motifs (C(OH)–C–C–N with tert-alkyl or cyclic N) is 1. The second kappa shape index (κ2) is 34.2. The van der Waals surface area contributed by atoms with Crippen LogP contribution in [0.1, 0.15) is 144 Å². The number of carbonyl (C=O) groups is 5. The standard InChI is InChI=1S/C77H94ClF3N10O10S4/c1-50(52-21-23-54(24-22-52)71-51(2)82-49-103-71)83-74(96)67-42-62(92)47-91(67)75(97)72(76(3,4)5)85-69(93)19-13-8-14-20-70(94)90-46-60-41-61(90)45-89(60)36-35-58(48-102-63-16-10-7-11-17-63)84-66-34-33-64(43-68(66)104(98,99)77(79,80)81)105(100,101)86-73(95)55-27-31-59(32-28-55)88-39-37-87(38-40-88)44-56-15-9-6-12-18-65(56)53-25-29-57(78)30-26-53/h7,10-11,16-17,21-34,43,49-50,58,60-62,67,72,84,92H,6,8-9,12-15,18-20,35-42,44-48H2,1-5H3,(H,83,96)(H,85,93)(H,86,95)/t50-,58+,60-,61-,62+,67-,72+/m0/s1. The van der Waals surface area contributed by atoms with Gasteiger partial charge in [-0.2, -0.15) is 13.2 Å². The molecule has 5 aliphatic rings. The summed E-state index contributed by atoms with van der Waals surface area (Å²) in [6, 6.07) is 30.8. The Kier molecular flexibility index (Phi) is 25.7. The van der Waals surface area contributed by atoms with Gasteiger partial charge >= 0.3 is 5.51 Å². The van der Waals surface area contributed by atoms with Crippen LogP contribution in [0.25, 0.3) is 16.0 Å². The average molecular weight is 1540 g/mol. The monoisotopic (exact) mass is 1540 g/mol. The van der Waals surface area contributed by atoms with E-state index in [0.717, 1.165) is 89.7 Å². The molecule has 4 saturated heterocycles. The topological polar surface area (TPSA) is 251 Å². The van der Waals surface area contributed by atoms with Gasteiger partial charge in [0.25, 0.3) is 25.8 Å². The van der Waals surface area contributed by atoms with Gasteiger partial charge in [0, 0.05) is 123 Å². The number of rotatable bonds is 28. The molecule has 4 aliphatic heterocycles. The molecule has 5 aromatic carbocycles. The Balaban J connectivity index is 0.652. The van der Waals surface area contributed by atoms with Crippen molar-refractivity contribution in [2.24, 2.45) is 5.41 Å². The van der Waals surface area contributed by atoms with Gasteiger partial charge in [-0.1, -0.05) is 105 Å². The molecule has 564 valence electrons. The van der Waals surface area contributed by atoms with Crippen LogP contribution in [-0.2, 0) is 39.0 Å². The fourth-order valence-electron chi connectivity index (χ4n) is 14.9. The van der Waals surface area contributed by atoms with Gasteiger partial charge in [-0.15, -0.1) is 23.1 Å². The maximum atomic E-state index is 14.6. The van der Waals surface area contributed by atoms with E-state index >= 15 is 0 Å². The smallest absolute Gasteiger partial charge is 0.391 e. The number of nitrogens with zero attached hydrogens (tertiary/aromatic N) is 6. The van der Waals surface area contributed by atoms with Crippen molar-refractivity contribution in [3.63, 3.8) is 0 Å². The molecule has 28 heteroatoms. The number of thioether (sulfide) groups is 1. The number of unbranched alkanes of at least 4 members (excludes halogenated alkanes) is 2. The molecule has 7 atom stereocenters. The lowest BCUT2D eigenvalue weighted by molar-refractivity contribution is -0.144. The molecule has 20 nitrogen and oxygen atoms in total. The number of thiazole rings is 1. The number of benzene rings is 5. The lowest BCUT2D eigenvalue weighted by atomic mass is 9.85. The zero-order valence-corrected chi connectivity index (χ0v) is 63.9. The molecule has 6 aromatic rings. The Hall–Kier alpha value is -7.37. The molecule has 105 heavy (non-hydrogen) atoms. The summed E-state index contributed by atoms with van der Waals surface area (Å²) in [6.45, 7) is 14.5. The molecular weight excluding hydrogens is 1450 g/mol. The van der Waals surface area contributed by atoms with Crippen LogP contribution in [0.3, 0.4) is 0 Å². The van der Waals surface area contributed by atoms with Gasteiger partial charge in [-0.25, -0.2) is 26.5 Å². The van der Waals surface area contributed by atoms with Crippen molar-refractivity contribution < 1.29 is 59.1 Å². The second-order valence-corrected chi connectivity index (χ2v) is 35.3. The van der Waals surface area contributed by atoms with Crippen LogP contribution in [0.4, 0.5) is 24.5 Å². The number of sulfone groups is 1. The number of allylic oxidation sites excluding steroid dienone is 1. The lowest BCUT2D eigenvalue weighted by Crippen LogP contribution is -2.57. The van der Waals surface area contributed by atoms with Crippen LogP contribution in [0.5, 0.6) is 0 Å². The van der Waals surface area contributed by atoms with Gasteiger partial charge in [0.2, 0.25) is 23.6 Å². The number of aliphatic hydroxyl groups is 1. The summed E-state index contributed by atoms with van der Waals surface area (Å²) in [5.41, 5.74) is 2.42. The van der Waals surface area contributed by atoms with E-state index in [9.17, 15) is 59.1 Å². The van der Waals surface area contributed by atoms with Crippen molar-refractivity contribution in [1.82, 2.24) is 39.9 Å². The van der Waals surface area contributed by atoms with Crippen LogP contribution in [0.15, 0.2) is 147 Å². The number of likely N-dealkylation sites (tertiary alicyclic amines) is 3. The summed E-state index contributed by atoms with van der Waals surface area (Å²) in [4.78, 5) is 83.2. The number of hydrogen-bond acceptors (Lipinski definition) is 17. The third-order valence-electron chi connectivity index (χ3n) is 20.7. The summed E-state index contributed by atoms with van der Waals surface area (Å²) in [5.74, 6) is -2.04. The first-order chi connectivity index (χ1) is 50.0. The van der Waals surface area contributed by atoms with Crippen LogP contribution < -0.4 is 25.6 Å². The number of aromatic nitrogens is 1. The highest BCUT2D eigenvalue weighted by Crippen LogP contribution is 2.40. The van der Waals surface area contributed by atoms with Crippen molar-refractivity contribution in [3.8, 4) is 10.4 Å². The van der Waals surface area contributed by atoms with Gasteiger partial charge in [0.15, 0.2) is 0 Å². The van der Waals surface area contributed by atoms with E-state index in [-0.39, 0.29) is 61.0 Å². The minimum atomic E-state index is -6.18. The van der Waals surface area contributed by atoms with Gasteiger partial charge in [-0.3, -0.25) is 33.8 Å². The van der Waals surface area contributed by atoms with Crippen molar-refractivity contribution in [1.29, 1.82) is 0 Å². The SMILES string of the molecule is Cc1ncsc1-c1ccc([C@H](C)NC(=O)[C@@H]2C[C@@H](O)CN2C(=O)[C@@H](NC(=O)CCCCCC(=O)N2C[C@@H]3C[C@H]2CN3CC[C@H](CSc2ccccc2)Nc2ccc(S(=O)(=O)NC(=O)c3ccc(N4CCN(CC5=C(c6ccc(Cl)cc6)CCCCC5)CC4)cc3)cc2S(=O)(=O)C(F)(F)F)C(C)(C)C)cc1. The minimum absolute atomic E-state index is 0.0151. The van der Waals surface area contributed by atoms with Crippen molar-refractivity contribution >= 4 is 101 Å². The fourth-order valence-corrected chi connectivity index (χ4v) is 18.8. The Morgan fingerprint density at radius 1 is 0.762 bits per heavy atom. The van der Waals surface area contributed by atoms with Gasteiger partial charge < -0.3 is 35.8 Å². The zero-order chi connectivity index (χ0) is 75.0. The predicted octanol–water partition coefficient (Wildman–Crippen LogP) is 12.3. The van der Waals surface area contributed by atoms with E-state index in [1.165, 1.54) is 51.9 Å². The molecule has 5 N–H and O–H groups in total. The number of nitrogens with one attached hydrogen (secondary N) is 4. The number of carbonyl (C=O) groups excluding carboxylic acids is 5. The largest absolute Gasteiger partial charge is 0.501 e. The predicted molar refractivity (Wildman–Crippen MR) is 405 cm³/mol. The summed E-state index contributed by atoms with van der Waals surface area (Å²) in [5, 5.41) is 20.5. The number of aryl methyl sites for hydroxylation is 1. The van der Waals surface area contributed by atoms with E-state index < -0.39 is 94.3 Å². The number of hydrogen-bond donors (Lipinski definition) is 5. The molecule has 2 bridgehead atoms. The number of aliphatic hydroxyl groups excluding tert-OH is 1. The number of amides is 5. The number of fused-ring (bicyclic) bond motifs is 2. The van der Waals surface area contributed by atoms with Gasteiger partial charge in [0.1, 0.15) is 17.0 Å². The summed E-state index contributed by atoms with van der Waals surface area (Å²) >= 11 is 9.17. The molecule has 4 fully saturated rings. The van der Waals surface area contributed by atoms with Crippen LogP contribution in [0, 0.1) is 12.3 Å². The molecule has 0 unspecified atom stereocenters. The Morgan fingerprint density at radius 3 is 2.12 bits per heavy atom. The average Bonchev–Trinajstić information content (AvgIpc) is 1.65. The molecule has 0 radical (unpaired) electrons. The Morgan fingerprint density at radius 2 is 1.46 bits per heavy atom. The summed E-state index contributed by atoms with van der Waals surface area (Å²) < 4.78 is 101. The molecule has 1 aromatic heterocycles. The Bertz CT molecular complexity index is 4330. The van der Waals surface area contributed by atoms with E-state index in [0.29, 0.717) is 75.9 Å². The van der Waals surface area contributed by atoms with Gasteiger partial charge in [0.05, 0.1) is 38.8 Å². The van der Waals surface area contributed by atoms with E-state index in [1.54, 1.807) is 29.0 Å². The van der Waals surface area contributed by atoms with E-state index in [1.807, 2.05) is 111 Å². The quantitative estimate of drug-likeness (QED) is 0.0226. The third kappa shape index (κ3) is 19.7. The van der Waals surface area contributed by atoms with Gasteiger partial charge in [-0.05, 0) is 160 Å². The highest BCUT2D eigenvalue weighted by Gasteiger charge is 2.50. The third-order valence-corrected chi connectivity index (χ3v) is 26.0. The van der Waals surface area contributed by atoms with E-state index in [4.69, 9.17) is 11.6 Å². The maximum absolute atomic E-state index is 14.6. The van der Waals surface area contributed by atoms with Crippen LogP contribution in [0.2, 0.25) is 5.02 Å². The van der Waals surface area contributed by atoms with Crippen molar-refractivity contribution in [2.45, 2.75) is 181 Å². The van der Waals surface area contributed by atoms with Crippen LogP contribution in [-0.4, -0.2) is 183 Å². The molecule has 5 heterocycles. The number of piperazine rings is 2. The summed E-state index contributed by atoms with van der Waals surface area (Å²) in [6.07, 6.45) is 7.57. The highest BCUT2D eigenvalue weighted by molar-refractivity contribution is 7.99. The molecule has 11 rings (SSSR count). The number of alkyl halides is 3. The number of anilines is 2. The normalized spacial score (nSPS) is 20.0. The van der Waals surface area contributed by atoms with Crippen molar-refractivity contribution in [2.75, 3.05) is 74.9 Å². The first-order valence-corrected chi connectivity index (χ1v) is 41.3. The highest BCUT2D eigenvalue weighted by atomic mass is 35.5. The zero-order valence-electron chi connectivity index (χ0n) is 59.9.